The Morgan fingerprint density at radius 3 is 2.50 bits per heavy atom. The second-order valence-corrected chi connectivity index (χ2v) is 1.89. The monoisotopic (exact) mass is 195 g/mol. The second-order valence-electron chi connectivity index (χ2n) is 0.690. The van der Waals surface area contributed by atoms with Gasteiger partial charge in [-0.05, 0) is 0 Å². The van der Waals surface area contributed by atoms with E-state index in [0.717, 1.165) is 0 Å². The highest BCUT2D eigenvalue weighted by Crippen LogP contribution is 1.87. The van der Waals surface area contributed by atoms with Gasteiger partial charge in [-0.1, -0.05) is 0 Å². The van der Waals surface area contributed by atoms with Gasteiger partial charge in [-0.15, -0.1) is 0 Å². The van der Waals surface area contributed by atoms with Crippen LogP contribution >= 0.6 is 22.6 Å². The van der Waals surface area contributed by atoms with Gasteiger partial charge in [0.2, 0.25) is 3.79 Å². The molecule has 0 radical (unpaired) electrons. The summed E-state index contributed by atoms with van der Waals surface area (Å²) in [6, 6.07) is 1.71. The zero-order valence-electron chi connectivity index (χ0n) is 2.94. The smallest absolute Gasteiger partial charge is 0.206 e. The molecule has 0 aliphatic heterocycles. The van der Waals surface area contributed by atoms with Crippen molar-refractivity contribution in [2.24, 2.45) is 0 Å². The Bertz CT molecular complexity index is 93.5. The third-order valence-electron chi connectivity index (χ3n) is 0.218. The maximum Gasteiger partial charge on any atom is 0.206 e. The lowest BCUT2D eigenvalue weighted by atomic mass is 10.5. The molecule has 0 fully saturated rings. The van der Waals surface area contributed by atoms with E-state index in [1.807, 2.05) is 0 Å². The van der Waals surface area contributed by atoms with E-state index in [1.165, 1.54) is 0 Å². The lowest BCUT2D eigenvalue weighted by Crippen LogP contribution is -1.76. The van der Waals surface area contributed by atoms with Crippen LogP contribution in [0.15, 0.2) is 0 Å². The standard InChI is InChI=1S/C3H2INO/c4-3(6)1-2-5/h1H2. The summed E-state index contributed by atoms with van der Waals surface area (Å²) >= 11 is 1.58. The summed E-state index contributed by atoms with van der Waals surface area (Å²) in [6.07, 6.45) is 0.0283. The van der Waals surface area contributed by atoms with E-state index in [1.54, 1.807) is 28.7 Å². The maximum absolute atomic E-state index is 9.81. The van der Waals surface area contributed by atoms with Gasteiger partial charge in [0.05, 0.1) is 6.07 Å². The Morgan fingerprint density at radius 1 is 2.00 bits per heavy atom. The van der Waals surface area contributed by atoms with Crippen LogP contribution in [0.5, 0.6) is 0 Å². The molecule has 0 saturated carbocycles. The Labute approximate surface area is 49.3 Å². The molecule has 0 heterocycles. The first-order valence-corrected chi connectivity index (χ1v) is 2.40. The molecule has 0 aromatic carbocycles. The molecule has 0 saturated heterocycles. The van der Waals surface area contributed by atoms with Crippen molar-refractivity contribution in [1.29, 1.82) is 5.26 Å². The number of hydrogen-bond acceptors (Lipinski definition) is 2. The van der Waals surface area contributed by atoms with Gasteiger partial charge in [0, 0.05) is 22.6 Å². The lowest BCUT2D eigenvalue weighted by Gasteiger charge is -1.66. The number of carbonyl (C=O) groups excluding carboxylic acids is 1. The highest BCUT2D eigenvalue weighted by Gasteiger charge is 1.86. The predicted octanol–water partition coefficient (Wildman–Crippen LogP) is 0.862. The Kier molecular flexibility index (Phi) is 3.04. The van der Waals surface area contributed by atoms with Crippen molar-refractivity contribution in [3.8, 4) is 6.07 Å². The van der Waals surface area contributed by atoms with Gasteiger partial charge >= 0.3 is 0 Å². The summed E-state index contributed by atoms with van der Waals surface area (Å²) in [5.41, 5.74) is 0. The molecule has 0 rings (SSSR count). The molecule has 32 valence electrons. The summed E-state index contributed by atoms with van der Waals surface area (Å²) < 4.78 is -0.102. The quantitative estimate of drug-likeness (QED) is 0.459. The van der Waals surface area contributed by atoms with Crippen molar-refractivity contribution in [2.75, 3.05) is 0 Å². The third-order valence-corrected chi connectivity index (χ3v) is 0.599. The minimum absolute atomic E-state index is 0.0283. The number of nitriles is 1. The fourth-order valence-electron chi connectivity index (χ4n) is 0.0622. The fourth-order valence-corrected chi connectivity index (χ4v) is 0.233. The van der Waals surface area contributed by atoms with E-state index in [-0.39, 0.29) is 10.2 Å². The molecule has 0 aromatic rings. The first-order valence-electron chi connectivity index (χ1n) is 1.32. The highest BCUT2D eigenvalue weighted by atomic mass is 127. The van der Waals surface area contributed by atoms with Crippen LogP contribution in [0, 0.1) is 11.3 Å². The van der Waals surface area contributed by atoms with E-state index >= 15 is 0 Å². The molecule has 6 heavy (non-hydrogen) atoms. The molecule has 0 N–H and O–H groups in total. The summed E-state index contributed by atoms with van der Waals surface area (Å²) in [6.45, 7) is 0. The summed E-state index contributed by atoms with van der Waals surface area (Å²) in [7, 11) is 0. The first kappa shape index (κ1) is 5.89. The number of halogens is 1. The van der Waals surface area contributed by atoms with Gasteiger partial charge in [0.15, 0.2) is 0 Å². The zero-order valence-corrected chi connectivity index (χ0v) is 5.10. The number of rotatable bonds is 1. The first-order chi connectivity index (χ1) is 2.77. The second kappa shape index (κ2) is 3.09. The fraction of sp³-hybridized carbons (Fsp3) is 0.333. The van der Waals surface area contributed by atoms with Crippen molar-refractivity contribution in [3.63, 3.8) is 0 Å². The molecule has 0 spiro atoms. The zero-order chi connectivity index (χ0) is 4.99. The topological polar surface area (TPSA) is 40.9 Å². The molecular weight excluding hydrogens is 193 g/mol. The van der Waals surface area contributed by atoms with Crippen LogP contribution in [0.3, 0.4) is 0 Å². The minimum Gasteiger partial charge on any atom is -0.287 e. The van der Waals surface area contributed by atoms with Gasteiger partial charge in [0.25, 0.3) is 0 Å². The van der Waals surface area contributed by atoms with Crippen molar-refractivity contribution >= 4 is 26.4 Å². The average Bonchev–Trinajstić information content (AvgIpc) is 1.35. The van der Waals surface area contributed by atoms with Crippen molar-refractivity contribution < 1.29 is 4.79 Å². The van der Waals surface area contributed by atoms with Gasteiger partial charge < -0.3 is 0 Å². The molecule has 0 atom stereocenters. The Balaban J connectivity index is 3.13. The van der Waals surface area contributed by atoms with Crippen molar-refractivity contribution in [3.05, 3.63) is 0 Å². The molecule has 3 heteroatoms. The predicted molar refractivity (Wildman–Crippen MR) is 29.3 cm³/mol. The molecule has 0 unspecified atom stereocenters. The molecule has 0 amide bonds. The molecule has 0 bridgehead atoms. The minimum atomic E-state index is -0.102. The van der Waals surface area contributed by atoms with Crippen LogP contribution in [0.4, 0.5) is 0 Å². The van der Waals surface area contributed by atoms with Crippen LogP contribution in [0.25, 0.3) is 0 Å². The van der Waals surface area contributed by atoms with Gasteiger partial charge in [-0.2, -0.15) is 5.26 Å². The Hall–Kier alpha value is -0.110. The van der Waals surface area contributed by atoms with Crippen molar-refractivity contribution in [1.82, 2.24) is 0 Å². The van der Waals surface area contributed by atoms with E-state index in [9.17, 15) is 4.79 Å². The van der Waals surface area contributed by atoms with Crippen LogP contribution in [0.2, 0.25) is 0 Å². The summed E-state index contributed by atoms with van der Waals surface area (Å²) in [5.74, 6) is 0. The van der Waals surface area contributed by atoms with Crippen LogP contribution in [-0.2, 0) is 4.79 Å². The lowest BCUT2D eigenvalue weighted by molar-refractivity contribution is -0.108. The van der Waals surface area contributed by atoms with Crippen LogP contribution < -0.4 is 0 Å². The molecule has 2 nitrogen and oxygen atoms in total. The normalized spacial score (nSPS) is 6.67. The third kappa shape index (κ3) is 3.89. The van der Waals surface area contributed by atoms with E-state index in [0.29, 0.717) is 0 Å². The largest absolute Gasteiger partial charge is 0.287 e. The van der Waals surface area contributed by atoms with E-state index in [4.69, 9.17) is 5.26 Å². The van der Waals surface area contributed by atoms with E-state index < -0.39 is 0 Å². The van der Waals surface area contributed by atoms with Crippen LogP contribution in [-0.4, -0.2) is 3.79 Å². The SMILES string of the molecule is N#CCC(=O)I. The number of hydrogen-bond donors (Lipinski definition) is 0. The van der Waals surface area contributed by atoms with Crippen molar-refractivity contribution in [2.45, 2.75) is 6.42 Å². The number of carbonyl (C=O) groups is 1. The Morgan fingerprint density at radius 2 is 2.50 bits per heavy atom. The van der Waals surface area contributed by atoms with E-state index in [2.05, 4.69) is 0 Å². The molecular formula is C3H2INO. The average molecular weight is 195 g/mol. The summed E-state index contributed by atoms with van der Waals surface area (Å²) in [5, 5.41) is 7.76. The van der Waals surface area contributed by atoms with Gasteiger partial charge in [0.1, 0.15) is 6.42 Å². The molecule has 0 aromatic heterocycles. The van der Waals surface area contributed by atoms with Gasteiger partial charge in [-0.25, -0.2) is 0 Å². The summed E-state index contributed by atoms with van der Waals surface area (Å²) in [4.78, 5) is 9.81. The van der Waals surface area contributed by atoms with Crippen LogP contribution in [0.1, 0.15) is 6.42 Å². The highest BCUT2D eigenvalue weighted by molar-refractivity contribution is 14.1. The van der Waals surface area contributed by atoms with Gasteiger partial charge in [-0.3, -0.25) is 4.79 Å². The number of nitrogens with zero attached hydrogens (tertiary/aromatic N) is 1. The molecule has 0 aliphatic rings. The maximum atomic E-state index is 9.81. The molecule has 0 aliphatic carbocycles.